The van der Waals surface area contributed by atoms with Crippen LogP contribution in [0.3, 0.4) is 0 Å². The highest BCUT2D eigenvalue weighted by Gasteiger charge is 2.32. The van der Waals surface area contributed by atoms with Gasteiger partial charge in [0.1, 0.15) is 5.58 Å². The van der Waals surface area contributed by atoms with Crippen molar-refractivity contribution in [3.63, 3.8) is 0 Å². The minimum Gasteiger partial charge on any atom is -0.453 e. The van der Waals surface area contributed by atoms with Crippen molar-refractivity contribution >= 4 is 16.8 Å². The SMILES string of the molecule is NC1CCCC1C(=O)c1cc2ccccc2o1. The number of carbonyl (C=O) groups is 1. The van der Waals surface area contributed by atoms with Crippen molar-refractivity contribution in [2.75, 3.05) is 0 Å². The molecule has 17 heavy (non-hydrogen) atoms. The molecule has 1 saturated carbocycles. The molecule has 0 bridgehead atoms. The zero-order valence-electron chi connectivity index (χ0n) is 9.56. The Kier molecular flexibility index (Phi) is 2.48. The predicted octanol–water partition coefficient (Wildman–Crippen LogP) is 2.74. The summed E-state index contributed by atoms with van der Waals surface area (Å²) in [5.74, 6) is 0.454. The Hall–Kier alpha value is -1.61. The van der Waals surface area contributed by atoms with E-state index in [9.17, 15) is 4.79 Å². The molecular weight excluding hydrogens is 214 g/mol. The van der Waals surface area contributed by atoms with E-state index in [4.69, 9.17) is 10.2 Å². The normalized spacial score (nSPS) is 24.3. The lowest BCUT2D eigenvalue weighted by atomic mass is 9.97. The van der Waals surface area contributed by atoms with Crippen LogP contribution in [0, 0.1) is 5.92 Å². The Balaban J connectivity index is 1.95. The van der Waals surface area contributed by atoms with E-state index in [-0.39, 0.29) is 17.7 Å². The maximum absolute atomic E-state index is 12.3. The predicted molar refractivity (Wildman–Crippen MR) is 65.9 cm³/mol. The van der Waals surface area contributed by atoms with E-state index < -0.39 is 0 Å². The van der Waals surface area contributed by atoms with Gasteiger partial charge >= 0.3 is 0 Å². The molecule has 0 amide bonds. The van der Waals surface area contributed by atoms with Gasteiger partial charge in [0.25, 0.3) is 0 Å². The fourth-order valence-corrected chi connectivity index (χ4v) is 2.60. The van der Waals surface area contributed by atoms with Gasteiger partial charge in [-0.05, 0) is 25.0 Å². The molecule has 1 aromatic carbocycles. The van der Waals surface area contributed by atoms with Crippen LogP contribution in [0.1, 0.15) is 29.8 Å². The molecule has 3 nitrogen and oxygen atoms in total. The molecule has 0 saturated heterocycles. The summed E-state index contributed by atoms with van der Waals surface area (Å²) in [6, 6.07) is 9.48. The van der Waals surface area contributed by atoms with Crippen molar-refractivity contribution in [1.82, 2.24) is 0 Å². The molecule has 2 N–H and O–H groups in total. The first-order chi connectivity index (χ1) is 8.25. The lowest BCUT2D eigenvalue weighted by Gasteiger charge is -2.11. The highest BCUT2D eigenvalue weighted by molar-refractivity contribution is 5.99. The number of hydrogen-bond donors (Lipinski definition) is 1. The van der Waals surface area contributed by atoms with E-state index >= 15 is 0 Å². The van der Waals surface area contributed by atoms with Gasteiger partial charge in [-0.2, -0.15) is 0 Å². The quantitative estimate of drug-likeness (QED) is 0.805. The van der Waals surface area contributed by atoms with E-state index in [0.717, 1.165) is 30.2 Å². The molecule has 1 aliphatic carbocycles. The number of ketones is 1. The van der Waals surface area contributed by atoms with Crippen LogP contribution >= 0.6 is 0 Å². The molecule has 3 rings (SSSR count). The Morgan fingerprint density at radius 2 is 2.12 bits per heavy atom. The maximum Gasteiger partial charge on any atom is 0.202 e. The third kappa shape index (κ3) is 1.76. The first-order valence-corrected chi connectivity index (χ1v) is 6.04. The standard InChI is InChI=1S/C14H15NO2/c15-11-6-3-5-10(11)14(16)13-8-9-4-1-2-7-12(9)17-13/h1-2,4,7-8,10-11H,3,5-6,15H2. The van der Waals surface area contributed by atoms with E-state index in [0.29, 0.717) is 5.76 Å². The van der Waals surface area contributed by atoms with Gasteiger partial charge in [-0.3, -0.25) is 4.79 Å². The lowest BCUT2D eigenvalue weighted by molar-refractivity contribution is 0.0887. The topological polar surface area (TPSA) is 56.2 Å². The molecule has 0 spiro atoms. The zero-order valence-corrected chi connectivity index (χ0v) is 9.56. The number of hydrogen-bond acceptors (Lipinski definition) is 3. The van der Waals surface area contributed by atoms with E-state index in [1.807, 2.05) is 30.3 Å². The average Bonchev–Trinajstić information content (AvgIpc) is 2.93. The van der Waals surface area contributed by atoms with Gasteiger partial charge in [-0.25, -0.2) is 0 Å². The number of furan rings is 1. The zero-order chi connectivity index (χ0) is 11.8. The van der Waals surface area contributed by atoms with Gasteiger partial charge in [0, 0.05) is 17.3 Å². The second-order valence-corrected chi connectivity index (χ2v) is 4.71. The van der Waals surface area contributed by atoms with Gasteiger partial charge in [0.2, 0.25) is 5.78 Å². The third-order valence-electron chi connectivity index (χ3n) is 3.57. The summed E-state index contributed by atoms with van der Waals surface area (Å²) in [7, 11) is 0. The van der Waals surface area contributed by atoms with Crippen molar-refractivity contribution < 1.29 is 9.21 Å². The van der Waals surface area contributed by atoms with Crippen molar-refractivity contribution in [1.29, 1.82) is 0 Å². The molecule has 3 heteroatoms. The average molecular weight is 229 g/mol. The number of benzene rings is 1. The molecule has 2 unspecified atom stereocenters. The van der Waals surface area contributed by atoms with Crippen LogP contribution < -0.4 is 5.73 Å². The Labute approximate surface area is 99.6 Å². The summed E-state index contributed by atoms with van der Waals surface area (Å²) in [6.07, 6.45) is 2.87. The van der Waals surface area contributed by atoms with Crippen LogP contribution in [0.25, 0.3) is 11.0 Å². The van der Waals surface area contributed by atoms with Gasteiger partial charge in [-0.1, -0.05) is 24.6 Å². The van der Waals surface area contributed by atoms with Crippen molar-refractivity contribution in [2.24, 2.45) is 11.7 Å². The summed E-state index contributed by atoms with van der Waals surface area (Å²) >= 11 is 0. The van der Waals surface area contributed by atoms with E-state index in [2.05, 4.69) is 0 Å². The molecule has 0 radical (unpaired) electrons. The fourth-order valence-electron chi connectivity index (χ4n) is 2.60. The summed E-state index contributed by atoms with van der Waals surface area (Å²) in [4.78, 5) is 12.3. The lowest BCUT2D eigenvalue weighted by Crippen LogP contribution is -2.30. The first-order valence-electron chi connectivity index (χ1n) is 6.04. The van der Waals surface area contributed by atoms with Crippen molar-refractivity contribution in [2.45, 2.75) is 25.3 Å². The second kappa shape index (κ2) is 4.00. The molecule has 1 aromatic heterocycles. The van der Waals surface area contributed by atoms with Crippen LogP contribution in [0.5, 0.6) is 0 Å². The summed E-state index contributed by atoms with van der Waals surface area (Å²) in [5.41, 5.74) is 6.72. The van der Waals surface area contributed by atoms with E-state index in [1.54, 1.807) is 0 Å². The highest BCUT2D eigenvalue weighted by atomic mass is 16.3. The van der Waals surface area contributed by atoms with Gasteiger partial charge < -0.3 is 10.2 Å². The molecule has 1 heterocycles. The largest absolute Gasteiger partial charge is 0.453 e. The van der Waals surface area contributed by atoms with Gasteiger partial charge in [0.15, 0.2) is 5.76 Å². The molecule has 0 aliphatic heterocycles. The Morgan fingerprint density at radius 1 is 1.29 bits per heavy atom. The molecule has 2 aromatic rings. The first kappa shape index (κ1) is 10.5. The maximum atomic E-state index is 12.3. The van der Waals surface area contributed by atoms with Crippen LogP contribution in [0.4, 0.5) is 0 Å². The number of Topliss-reactive ketones (excluding diaryl/α,β-unsaturated/α-hetero) is 1. The fraction of sp³-hybridized carbons (Fsp3) is 0.357. The molecular formula is C14H15NO2. The Bertz CT molecular complexity index is 525. The van der Waals surface area contributed by atoms with Crippen LogP contribution in [-0.4, -0.2) is 11.8 Å². The smallest absolute Gasteiger partial charge is 0.202 e. The van der Waals surface area contributed by atoms with Crippen LogP contribution in [-0.2, 0) is 0 Å². The highest BCUT2D eigenvalue weighted by Crippen LogP contribution is 2.29. The van der Waals surface area contributed by atoms with Crippen molar-refractivity contribution in [3.05, 3.63) is 36.1 Å². The molecule has 1 aliphatic rings. The number of para-hydroxylation sites is 1. The molecule has 1 fully saturated rings. The Morgan fingerprint density at radius 3 is 2.82 bits per heavy atom. The second-order valence-electron chi connectivity index (χ2n) is 4.71. The van der Waals surface area contributed by atoms with Gasteiger partial charge in [0.05, 0.1) is 0 Å². The summed E-state index contributed by atoms with van der Waals surface area (Å²) < 4.78 is 5.59. The van der Waals surface area contributed by atoms with Gasteiger partial charge in [-0.15, -0.1) is 0 Å². The number of carbonyl (C=O) groups excluding carboxylic acids is 1. The summed E-state index contributed by atoms with van der Waals surface area (Å²) in [5, 5.41) is 0.974. The minimum atomic E-state index is -0.0597. The van der Waals surface area contributed by atoms with Crippen molar-refractivity contribution in [3.8, 4) is 0 Å². The molecule has 2 atom stereocenters. The van der Waals surface area contributed by atoms with E-state index in [1.165, 1.54) is 0 Å². The summed E-state index contributed by atoms with van der Waals surface area (Å²) in [6.45, 7) is 0. The van der Waals surface area contributed by atoms with Crippen LogP contribution in [0.15, 0.2) is 34.7 Å². The number of rotatable bonds is 2. The monoisotopic (exact) mass is 229 g/mol. The van der Waals surface area contributed by atoms with Crippen LogP contribution in [0.2, 0.25) is 0 Å². The third-order valence-corrected chi connectivity index (χ3v) is 3.57. The molecule has 88 valence electrons. The number of fused-ring (bicyclic) bond motifs is 1. The minimum absolute atomic E-state index is 0.00397. The number of nitrogens with two attached hydrogens (primary N) is 1.